The Balaban J connectivity index is 1.24. The Morgan fingerprint density at radius 1 is 1.00 bits per heavy atom. The van der Waals surface area contributed by atoms with Gasteiger partial charge in [-0.25, -0.2) is 0 Å². The van der Waals surface area contributed by atoms with Crippen molar-refractivity contribution in [1.82, 2.24) is 4.57 Å². The smallest absolute Gasteiger partial charge is 0.308 e. The van der Waals surface area contributed by atoms with Gasteiger partial charge in [0.2, 0.25) is 5.91 Å². The highest BCUT2D eigenvalue weighted by atomic mass is 32.2. The number of carbonyl (C=O) groups excluding carboxylic acids is 1. The first-order valence-electron chi connectivity index (χ1n) is 13.4. The van der Waals surface area contributed by atoms with Gasteiger partial charge in [0.15, 0.2) is 0 Å². The Kier molecular flexibility index (Phi) is 5.89. The molecule has 1 aliphatic heterocycles. The number of fused-ring (bicyclic) bond motifs is 7. The Morgan fingerprint density at radius 2 is 1.76 bits per heavy atom. The molecule has 0 saturated heterocycles. The van der Waals surface area contributed by atoms with Gasteiger partial charge in [0, 0.05) is 46.9 Å². The zero-order valence-corrected chi connectivity index (χ0v) is 23.2. The predicted octanol–water partition coefficient (Wildman–Crippen LogP) is 6.42. The first kappa shape index (κ1) is 24.0. The first-order chi connectivity index (χ1) is 18.5. The molecule has 2 saturated carbocycles. The van der Waals surface area contributed by atoms with E-state index in [0.29, 0.717) is 17.1 Å². The number of carbonyl (C=O) groups is 1. The number of anilines is 2. The van der Waals surface area contributed by atoms with E-state index in [1.165, 1.54) is 41.9 Å². The van der Waals surface area contributed by atoms with Crippen LogP contribution in [0, 0.1) is 17.8 Å². The van der Waals surface area contributed by atoms with Gasteiger partial charge in [-0.1, -0.05) is 59.9 Å². The highest BCUT2D eigenvalue weighted by Crippen LogP contribution is 2.64. The number of hydrogen-bond donors (Lipinski definition) is 1. The predicted molar refractivity (Wildman–Crippen MR) is 158 cm³/mol. The minimum Gasteiger partial charge on any atom is -0.378 e. The molecule has 0 radical (unpaired) electrons. The lowest BCUT2D eigenvalue weighted by atomic mass is 9.75. The fourth-order valence-corrected chi connectivity index (χ4v) is 10.3. The largest absolute Gasteiger partial charge is 0.378 e. The van der Waals surface area contributed by atoms with Crippen LogP contribution in [-0.4, -0.2) is 29.8 Å². The summed E-state index contributed by atoms with van der Waals surface area (Å²) in [7, 11) is 4.12. The topological polar surface area (TPSA) is 54.3 Å². The van der Waals surface area contributed by atoms with Gasteiger partial charge < -0.3 is 10.2 Å². The van der Waals surface area contributed by atoms with E-state index >= 15 is 0 Å². The number of benzene rings is 3. The summed E-state index contributed by atoms with van der Waals surface area (Å²) in [6.45, 7) is 0.0403. The molecular formula is C31H31N3O2S2. The van der Waals surface area contributed by atoms with E-state index in [-0.39, 0.29) is 23.2 Å². The summed E-state index contributed by atoms with van der Waals surface area (Å²) in [4.78, 5) is 29.9. The van der Waals surface area contributed by atoms with Crippen molar-refractivity contribution < 1.29 is 4.79 Å². The molecule has 0 spiro atoms. The fraction of sp³-hybridized carbons (Fsp3) is 0.355. The van der Waals surface area contributed by atoms with Gasteiger partial charge in [-0.15, -0.1) is 11.8 Å². The standard InChI is InChI=1S/C31H31N3O2S2/c1-33(2)22-14-12-19(13-15-22)26-27-20-10-11-21(16-20)28(27)37-30-29(26)38-31(36)34(30)17-25(35)32-24-9-5-7-18-6-3-4-8-23(18)24/h3-9,12-15,20-21,26-28H,10-11,16-17H2,1-2H3,(H,32,35)/t20-,21-,26-,27-,28+/m0/s1. The molecular weight excluding hydrogens is 510 g/mol. The lowest BCUT2D eigenvalue weighted by Crippen LogP contribution is -2.34. The minimum atomic E-state index is -0.161. The molecule has 4 aromatic rings. The van der Waals surface area contributed by atoms with Crippen molar-refractivity contribution in [2.75, 3.05) is 24.3 Å². The first-order valence-corrected chi connectivity index (χ1v) is 15.1. The molecule has 1 N–H and O–H groups in total. The van der Waals surface area contributed by atoms with Gasteiger partial charge in [0.1, 0.15) is 6.54 Å². The molecule has 2 heterocycles. The van der Waals surface area contributed by atoms with Crippen molar-refractivity contribution in [1.29, 1.82) is 0 Å². The van der Waals surface area contributed by atoms with Crippen molar-refractivity contribution in [2.24, 2.45) is 17.8 Å². The summed E-state index contributed by atoms with van der Waals surface area (Å²) < 4.78 is 1.74. The van der Waals surface area contributed by atoms with Crippen LogP contribution in [0.4, 0.5) is 11.4 Å². The van der Waals surface area contributed by atoms with Crippen molar-refractivity contribution in [2.45, 2.75) is 42.0 Å². The molecule has 3 aromatic carbocycles. The Hall–Kier alpha value is -3.03. The van der Waals surface area contributed by atoms with Crippen molar-refractivity contribution in [3.8, 4) is 0 Å². The van der Waals surface area contributed by atoms with Gasteiger partial charge in [0.25, 0.3) is 0 Å². The average molecular weight is 542 g/mol. The van der Waals surface area contributed by atoms with Gasteiger partial charge in [-0.3, -0.25) is 14.2 Å². The molecule has 7 rings (SSSR count). The molecule has 3 aliphatic rings. The van der Waals surface area contributed by atoms with Crippen molar-refractivity contribution in [3.05, 3.63) is 86.8 Å². The van der Waals surface area contributed by atoms with Crippen molar-refractivity contribution in [3.63, 3.8) is 0 Å². The maximum atomic E-state index is 13.4. The average Bonchev–Trinajstić information content (AvgIpc) is 3.62. The van der Waals surface area contributed by atoms with Crippen LogP contribution in [0.2, 0.25) is 0 Å². The van der Waals surface area contributed by atoms with E-state index in [9.17, 15) is 9.59 Å². The molecule has 194 valence electrons. The number of thioether (sulfide) groups is 1. The molecule has 1 amide bonds. The quantitative estimate of drug-likeness (QED) is 0.317. The molecule has 2 fully saturated rings. The number of nitrogens with one attached hydrogen (secondary N) is 1. The second kappa shape index (κ2) is 9.31. The zero-order valence-electron chi connectivity index (χ0n) is 21.6. The van der Waals surface area contributed by atoms with Crippen LogP contribution >= 0.6 is 23.1 Å². The van der Waals surface area contributed by atoms with E-state index in [1.54, 1.807) is 4.57 Å². The van der Waals surface area contributed by atoms with Gasteiger partial charge >= 0.3 is 4.87 Å². The molecule has 7 heteroatoms. The lowest BCUT2D eigenvalue weighted by molar-refractivity contribution is -0.116. The summed E-state index contributed by atoms with van der Waals surface area (Å²) in [6, 6.07) is 22.8. The fourth-order valence-electron chi connectivity index (χ4n) is 7.11. The van der Waals surface area contributed by atoms with Gasteiger partial charge in [0.05, 0.1) is 5.03 Å². The van der Waals surface area contributed by atoms with E-state index in [2.05, 4.69) is 48.6 Å². The van der Waals surface area contributed by atoms with Gasteiger partial charge in [-0.2, -0.15) is 0 Å². The summed E-state index contributed by atoms with van der Waals surface area (Å²) in [6.07, 6.45) is 3.89. The van der Waals surface area contributed by atoms with Crippen LogP contribution in [0.25, 0.3) is 10.8 Å². The molecule has 1 aromatic heterocycles. The summed E-state index contributed by atoms with van der Waals surface area (Å²) in [5, 5.41) is 6.70. The number of hydrogen-bond acceptors (Lipinski definition) is 5. The summed E-state index contributed by atoms with van der Waals surface area (Å²) in [5.41, 5.74) is 3.26. The van der Waals surface area contributed by atoms with Crippen LogP contribution in [0.3, 0.4) is 0 Å². The Morgan fingerprint density at radius 3 is 2.58 bits per heavy atom. The second-order valence-corrected chi connectivity index (χ2v) is 13.3. The normalized spacial score (nSPS) is 25.3. The number of thiazole rings is 1. The third-order valence-corrected chi connectivity index (χ3v) is 11.7. The molecule has 38 heavy (non-hydrogen) atoms. The summed E-state index contributed by atoms with van der Waals surface area (Å²) >= 11 is 3.23. The van der Waals surface area contributed by atoms with Crippen LogP contribution in [0.5, 0.6) is 0 Å². The Labute approximate surface area is 230 Å². The number of aromatic nitrogens is 1. The van der Waals surface area contributed by atoms with E-state index in [0.717, 1.165) is 32.3 Å². The Bertz CT molecular complexity index is 1580. The number of rotatable bonds is 5. The van der Waals surface area contributed by atoms with E-state index < -0.39 is 0 Å². The highest BCUT2D eigenvalue weighted by Gasteiger charge is 2.55. The summed E-state index contributed by atoms with van der Waals surface area (Å²) in [5.74, 6) is 2.06. The maximum Gasteiger partial charge on any atom is 0.308 e. The van der Waals surface area contributed by atoms with Crippen LogP contribution in [0.1, 0.15) is 35.6 Å². The molecule has 5 atom stereocenters. The third-order valence-electron chi connectivity index (χ3n) is 8.82. The maximum absolute atomic E-state index is 13.4. The SMILES string of the molecule is CN(C)c1ccc([C@@H]2c3sc(=O)n(CC(=O)Nc4cccc5ccccc45)c3S[C@@H]3[C@H]4CC[C@@H](C4)[C@@H]23)cc1. The molecule has 2 bridgehead atoms. The van der Waals surface area contributed by atoms with Crippen LogP contribution < -0.4 is 15.1 Å². The monoisotopic (exact) mass is 541 g/mol. The van der Waals surface area contributed by atoms with Crippen LogP contribution in [0.15, 0.2) is 76.6 Å². The minimum absolute atomic E-state index is 0.0298. The zero-order chi connectivity index (χ0) is 26.0. The van der Waals surface area contributed by atoms with E-state index in [4.69, 9.17) is 0 Å². The lowest BCUT2D eigenvalue weighted by Gasteiger charge is -2.40. The third kappa shape index (κ3) is 3.90. The highest BCUT2D eigenvalue weighted by molar-refractivity contribution is 8.00. The van der Waals surface area contributed by atoms with Crippen molar-refractivity contribution >= 4 is 51.2 Å². The van der Waals surface area contributed by atoms with Gasteiger partial charge in [-0.05, 0) is 66.2 Å². The van der Waals surface area contributed by atoms with E-state index in [1.807, 2.05) is 54.2 Å². The molecule has 2 aliphatic carbocycles. The second-order valence-electron chi connectivity index (χ2n) is 11.2. The number of nitrogens with zero attached hydrogens (tertiary/aromatic N) is 2. The number of amides is 1. The van der Waals surface area contributed by atoms with Crippen LogP contribution in [-0.2, 0) is 11.3 Å². The molecule has 5 nitrogen and oxygen atoms in total. The molecule has 0 unspecified atom stereocenters.